The number of rotatable bonds is 6. The highest BCUT2D eigenvalue weighted by Crippen LogP contribution is 2.20. The van der Waals surface area contributed by atoms with E-state index in [2.05, 4.69) is 10.1 Å². The highest BCUT2D eigenvalue weighted by molar-refractivity contribution is 5.85. The van der Waals surface area contributed by atoms with Gasteiger partial charge in [0, 0.05) is 24.1 Å². The van der Waals surface area contributed by atoms with Crippen LogP contribution in [0.15, 0.2) is 24.3 Å². The van der Waals surface area contributed by atoms with Crippen molar-refractivity contribution in [3.63, 3.8) is 0 Å². The molecule has 20 heavy (non-hydrogen) atoms. The third kappa shape index (κ3) is 5.71. The summed E-state index contributed by atoms with van der Waals surface area (Å²) in [6, 6.07) is 6.06. The first-order valence-corrected chi connectivity index (χ1v) is 5.97. The molecule has 0 aliphatic rings. The van der Waals surface area contributed by atoms with Gasteiger partial charge in [-0.3, -0.25) is 4.79 Å². The second kappa shape index (κ2) is 8.71. The molecular weight excluding hydrogens is 290 g/mol. The van der Waals surface area contributed by atoms with Crippen molar-refractivity contribution < 1.29 is 18.3 Å². The zero-order valence-corrected chi connectivity index (χ0v) is 12.1. The Bertz CT molecular complexity index is 431. The Morgan fingerprint density at radius 2 is 1.95 bits per heavy atom. The maximum atomic E-state index is 12.2. The van der Waals surface area contributed by atoms with Crippen molar-refractivity contribution >= 4 is 18.3 Å². The van der Waals surface area contributed by atoms with Crippen LogP contribution in [0.3, 0.4) is 0 Å². The molecule has 0 bridgehead atoms. The van der Waals surface area contributed by atoms with Gasteiger partial charge in [-0.1, -0.05) is 25.1 Å². The summed E-state index contributed by atoms with van der Waals surface area (Å²) in [7, 11) is 0. The van der Waals surface area contributed by atoms with Gasteiger partial charge in [0.15, 0.2) is 0 Å². The predicted octanol–water partition coefficient (Wildman–Crippen LogP) is 2.31. The minimum absolute atomic E-state index is 0. The molecule has 0 aliphatic heterocycles. The lowest BCUT2D eigenvalue weighted by Gasteiger charge is -2.16. The van der Waals surface area contributed by atoms with E-state index in [0.29, 0.717) is 5.56 Å². The maximum absolute atomic E-state index is 12.2. The largest absolute Gasteiger partial charge is 0.434 e. The summed E-state index contributed by atoms with van der Waals surface area (Å²) >= 11 is 0. The van der Waals surface area contributed by atoms with Crippen LogP contribution in [-0.2, 0) is 11.3 Å². The Morgan fingerprint density at radius 1 is 1.35 bits per heavy atom. The van der Waals surface area contributed by atoms with E-state index in [1.807, 2.05) is 0 Å². The van der Waals surface area contributed by atoms with Crippen LogP contribution in [-0.4, -0.2) is 18.6 Å². The number of halogens is 3. The maximum Gasteiger partial charge on any atom is 0.387 e. The molecule has 0 aliphatic carbocycles. The van der Waals surface area contributed by atoms with Gasteiger partial charge in [0.1, 0.15) is 5.75 Å². The standard InChI is InChI=1S/C13H18F2N2O2.ClH/c1-8(9(2)16)12(18)17-7-10-5-3-4-6-11(10)19-13(14)15;/h3-6,8-9,13H,7,16H2,1-2H3,(H,17,18);1H. The molecular formula is C13H19ClF2N2O2. The number of nitrogens with one attached hydrogen (secondary N) is 1. The molecule has 0 fully saturated rings. The van der Waals surface area contributed by atoms with Gasteiger partial charge in [-0.2, -0.15) is 8.78 Å². The van der Waals surface area contributed by atoms with Crippen molar-refractivity contribution in [2.45, 2.75) is 33.0 Å². The van der Waals surface area contributed by atoms with E-state index >= 15 is 0 Å². The lowest BCUT2D eigenvalue weighted by molar-refractivity contribution is -0.125. The fourth-order valence-electron chi connectivity index (χ4n) is 1.44. The minimum atomic E-state index is -2.89. The van der Waals surface area contributed by atoms with Gasteiger partial charge < -0.3 is 15.8 Å². The number of carbonyl (C=O) groups excluding carboxylic acids is 1. The first-order chi connectivity index (χ1) is 8.91. The molecule has 2 unspecified atom stereocenters. The van der Waals surface area contributed by atoms with Gasteiger partial charge >= 0.3 is 6.61 Å². The van der Waals surface area contributed by atoms with Crippen molar-refractivity contribution in [3.8, 4) is 5.75 Å². The van der Waals surface area contributed by atoms with E-state index < -0.39 is 6.61 Å². The summed E-state index contributed by atoms with van der Waals surface area (Å²) in [5.74, 6) is -0.503. The molecule has 0 heterocycles. The summed E-state index contributed by atoms with van der Waals surface area (Å²) in [5, 5.41) is 2.65. The van der Waals surface area contributed by atoms with Crippen LogP contribution >= 0.6 is 12.4 Å². The van der Waals surface area contributed by atoms with E-state index in [1.54, 1.807) is 32.0 Å². The molecule has 0 saturated carbocycles. The molecule has 1 rings (SSSR count). The molecule has 2 atom stereocenters. The molecule has 1 amide bonds. The van der Waals surface area contributed by atoms with E-state index in [-0.39, 0.29) is 42.6 Å². The highest BCUT2D eigenvalue weighted by Gasteiger charge is 2.17. The fraction of sp³-hybridized carbons (Fsp3) is 0.462. The monoisotopic (exact) mass is 308 g/mol. The smallest absolute Gasteiger partial charge is 0.387 e. The molecule has 0 radical (unpaired) electrons. The van der Waals surface area contributed by atoms with Crippen LogP contribution in [0.1, 0.15) is 19.4 Å². The lowest BCUT2D eigenvalue weighted by atomic mass is 10.0. The van der Waals surface area contributed by atoms with Crippen LogP contribution in [0, 0.1) is 5.92 Å². The Kier molecular flexibility index (Phi) is 8.10. The van der Waals surface area contributed by atoms with Crippen LogP contribution in [0.5, 0.6) is 5.75 Å². The quantitative estimate of drug-likeness (QED) is 0.847. The molecule has 1 aromatic carbocycles. The van der Waals surface area contributed by atoms with E-state index in [0.717, 1.165) is 0 Å². The molecule has 0 aromatic heterocycles. The molecule has 7 heteroatoms. The number of amides is 1. The topological polar surface area (TPSA) is 64.4 Å². The molecule has 0 spiro atoms. The van der Waals surface area contributed by atoms with Gasteiger partial charge in [0.05, 0.1) is 0 Å². The molecule has 3 N–H and O–H groups in total. The van der Waals surface area contributed by atoms with Gasteiger partial charge in [0.25, 0.3) is 0 Å². The first kappa shape index (κ1) is 18.6. The van der Waals surface area contributed by atoms with Crippen molar-refractivity contribution in [2.75, 3.05) is 0 Å². The number of hydrogen-bond donors (Lipinski definition) is 2. The van der Waals surface area contributed by atoms with Gasteiger partial charge in [-0.25, -0.2) is 0 Å². The van der Waals surface area contributed by atoms with Crippen LogP contribution < -0.4 is 15.8 Å². The Balaban J connectivity index is 0.00000361. The minimum Gasteiger partial charge on any atom is -0.434 e. The van der Waals surface area contributed by atoms with Gasteiger partial charge in [0.2, 0.25) is 5.91 Å². The summed E-state index contributed by atoms with van der Waals surface area (Å²) in [4.78, 5) is 11.7. The number of benzene rings is 1. The molecule has 114 valence electrons. The molecule has 1 aromatic rings. The second-order valence-corrected chi connectivity index (χ2v) is 4.35. The summed E-state index contributed by atoms with van der Waals surface area (Å²) in [6.45, 7) is 0.679. The Labute approximate surface area is 123 Å². The van der Waals surface area contributed by atoms with Crippen molar-refractivity contribution in [1.29, 1.82) is 0 Å². The number of hydrogen-bond acceptors (Lipinski definition) is 3. The SMILES string of the molecule is CC(N)C(C)C(=O)NCc1ccccc1OC(F)F.Cl. The third-order valence-electron chi connectivity index (χ3n) is 2.84. The summed E-state index contributed by atoms with van der Waals surface area (Å²) < 4.78 is 28.8. The van der Waals surface area contributed by atoms with Gasteiger partial charge in [-0.05, 0) is 13.0 Å². The predicted molar refractivity (Wildman–Crippen MR) is 75.0 cm³/mol. The highest BCUT2D eigenvalue weighted by atomic mass is 35.5. The Morgan fingerprint density at radius 3 is 2.50 bits per heavy atom. The van der Waals surface area contributed by atoms with E-state index in [9.17, 15) is 13.6 Å². The van der Waals surface area contributed by atoms with Crippen LogP contribution in [0.25, 0.3) is 0 Å². The van der Waals surface area contributed by atoms with E-state index in [1.165, 1.54) is 6.07 Å². The van der Waals surface area contributed by atoms with Crippen LogP contribution in [0.4, 0.5) is 8.78 Å². The lowest BCUT2D eigenvalue weighted by Crippen LogP contribution is -2.38. The third-order valence-corrected chi connectivity index (χ3v) is 2.84. The average molecular weight is 309 g/mol. The normalized spacial score (nSPS) is 13.3. The number of para-hydroxylation sites is 1. The second-order valence-electron chi connectivity index (χ2n) is 4.35. The van der Waals surface area contributed by atoms with Crippen molar-refractivity contribution in [1.82, 2.24) is 5.32 Å². The van der Waals surface area contributed by atoms with Crippen molar-refractivity contribution in [3.05, 3.63) is 29.8 Å². The van der Waals surface area contributed by atoms with Gasteiger partial charge in [-0.15, -0.1) is 12.4 Å². The number of ether oxygens (including phenoxy) is 1. The average Bonchev–Trinajstić information content (AvgIpc) is 2.35. The molecule has 0 saturated heterocycles. The fourth-order valence-corrected chi connectivity index (χ4v) is 1.44. The van der Waals surface area contributed by atoms with Crippen molar-refractivity contribution in [2.24, 2.45) is 11.7 Å². The number of carbonyl (C=O) groups is 1. The zero-order valence-electron chi connectivity index (χ0n) is 11.3. The van der Waals surface area contributed by atoms with Crippen LogP contribution in [0.2, 0.25) is 0 Å². The first-order valence-electron chi connectivity index (χ1n) is 5.97. The summed E-state index contributed by atoms with van der Waals surface area (Å²) in [5.41, 5.74) is 6.11. The Hall–Kier alpha value is -1.40. The number of alkyl halides is 2. The van der Waals surface area contributed by atoms with E-state index in [4.69, 9.17) is 5.73 Å². The molecule has 4 nitrogen and oxygen atoms in total. The number of nitrogens with two attached hydrogens (primary N) is 1. The summed E-state index contributed by atoms with van der Waals surface area (Å²) in [6.07, 6.45) is 0. The zero-order chi connectivity index (χ0) is 14.4.